The van der Waals surface area contributed by atoms with E-state index >= 15 is 0 Å². The molecule has 0 atom stereocenters. The summed E-state index contributed by atoms with van der Waals surface area (Å²) in [6.07, 6.45) is 3.80. The fourth-order valence-corrected chi connectivity index (χ4v) is 1.86. The van der Waals surface area contributed by atoms with Crippen molar-refractivity contribution < 1.29 is 0 Å². The van der Waals surface area contributed by atoms with Gasteiger partial charge in [-0.15, -0.1) is 0 Å². The molecular weight excluding hydrogens is 137 g/mol. The van der Waals surface area contributed by atoms with Crippen LogP contribution in [0.1, 0.15) is 0 Å². The molecule has 1 aromatic rings. The van der Waals surface area contributed by atoms with Gasteiger partial charge in [-0.25, -0.2) is 0 Å². The predicted molar refractivity (Wildman–Crippen MR) is 48.6 cm³/mol. The fourth-order valence-electron chi connectivity index (χ4n) is 0.806. The molecule has 0 spiro atoms. The van der Waals surface area contributed by atoms with Crippen molar-refractivity contribution in [2.24, 2.45) is 0 Å². The van der Waals surface area contributed by atoms with Crippen LogP contribution in [0.15, 0.2) is 18.4 Å². The van der Waals surface area contributed by atoms with E-state index < -0.39 is 8.07 Å². The summed E-state index contributed by atoms with van der Waals surface area (Å²) in [5, 5.41) is 1.43. The predicted octanol–water partition coefficient (Wildman–Crippen LogP) is 0.965. The Hall–Kier alpha value is -0.438. The van der Waals surface area contributed by atoms with Gasteiger partial charge < -0.3 is 0 Å². The molecule has 1 aromatic heterocycles. The van der Waals surface area contributed by atoms with Gasteiger partial charge in [0, 0.05) is 0 Å². The van der Waals surface area contributed by atoms with E-state index in [1.807, 2.05) is 18.4 Å². The maximum atomic E-state index is 4.09. The van der Waals surface area contributed by atoms with E-state index in [1.165, 1.54) is 5.08 Å². The third-order valence-corrected chi connectivity index (χ3v) is 3.56. The molecule has 0 unspecified atom stereocenters. The van der Waals surface area contributed by atoms with E-state index in [9.17, 15) is 0 Å². The second kappa shape index (κ2) is 2.66. The molecule has 3 heteroatoms. The van der Waals surface area contributed by atoms with Gasteiger partial charge in [-0.3, -0.25) is 0 Å². The van der Waals surface area contributed by atoms with Gasteiger partial charge in [0.1, 0.15) is 0 Å². The fraction of sp³-hybridized carbons (Fsp3) is 0.429. The standard InChI is InChI=1S/C7H12BNSi/c1-10(2,3)7-6-9-5-4-8-7/h4-6H,1-3H3. The van der Waals surface area contributed by atoms with Crippen LogP contribution in [0.5, 0.6) is 0 Å². The van der Waals surface area contributed by atoms with Crippen LogP contribution in [0.4, 0.5) is 0 Å². The summed E-state index contributed by atoms with van der Waals surface area (Å²) in [6, 6.07) is 0. The summed E-state index contributed by atoms with van der Waals surface area (Å²) >= 11 is 0. The first-order valence-corrected chi connectivity index (χ1v) is 7.01. The monoisotopic (exact) mass is 149 g/mol. The second-order valence-electron chi connectivity index (χ2n) is 3.49. The number of nitrogens with zero attached hydrogens (tertiary/aromatic N) is 1. The van der Waals surface area contributed by atoms with Gasteiger partial charge in [0.05, 0.1) is 0 Å². The molecule has 0 N–H and O–H groups in total. The molecule has 0 aliphatic carbocycles. The average molecular weight is 149 g/mol. The zero-order valence-electron chi connectivity index (χ0n) is 6.76. The van der Waals surface area contributed by atoms with Crippen molar-refractivity contribution in [3.8, 4) is 0 Å². The molecule has 1 rings (SSSR count). The minimum atomic E-state index is -1.10. The Kier molecular flexibility index (Phi) is 2.04. The first-order valence-electron chi connectivity index (χ1n) is 3.51. The summed E-state index contributed by atoms with van der Waals surface area (Å²) in [5.41, 5.74) is 0. The van der Waals surface area contributed by atoms with Crippen LogP contribution in [0, 0.1) is 0 Å². The van der Waals surface area contributed by atoms with E-state index in [1.54, 1.807) is 0 Å². The molecule has 0 bridgehead atoms. The van der Waals surface area contributed by atoms with Gasteiger partial charge in [-0.1, -0.05) is 0 Å². The van der Waals surface area contributed by atoms with E-state index in [-0.39, 0.29) is 0 Å². The Balaban J connectivity index is 2.97. The third-order valence-electron chi connectivity index (χ3n) is 1.53. The molecule has 0 saturated carbocycles. The normalized spacial score (nSPS) is 11.1. The van der Waals surface area contributed by atoms with Crippen molar-refractivity contribution >= 4 is 20.1 Å². The van der Waals surface area contributed by atoms with Crippen LogP contribution in [-0.2, 0) is 0 Å². The van der Waals surface area contributed by atoms with Crippen molar-refractivity contribution in [2.75, 3.05) is 0 Å². The molecular formula is C7H12BNSi. The molecule has 0 radical (unpaired) electrons. The second-order valence-corrected chi connectivity index (χ2v) is 8.57. The van der Waals surface area contributed by atoms with E-state index in [0.29, 0.717) is 0 Å². The SMILES string of the molecule is C[Si](C)(C)c1bccnc1. The summed E-state index contributed by atoms with van der Waals surface area (Å²) in [7, 11) is -1.10. The van der Waals surface area contributed by atoms with Gasteiger partial charge in [0.2, 0.25) is 0 Å². The number of hydrogen-bond acceptors (Lipinski definition) is 1. The van der Waals surface area contributed by atoms with Crippen molar-refractivity contribution in [3.63, 3.8) is 0 Å². The quantitative estimate of drug-likeness (QED) is 0.542. The van der Waals surface area contributed by atoms with Gasteiger partial charge in [-0.2, -0.15) is 0 Å². The minimum absolute atomic E-state index is 1.10. The van der Waals surface area contributed by atoms with Crippen molar-refractivity contribution in [2.45, 2.75) is 19.6 Å². The first kappa shape index (κ1) is 7.67. The zero-order valence-corrected chi connectivity index (χ0v) is 7.76. The van der Waals surface area contributed by atoms with Gasteiger partial charge in [-0.05, 0) is 0 Å². The van der Waals surface area contributed by atoms with Crippen LogP contribution in [0.3, 0.4) is 0 Å². The molecule has 1 nitrogen and oxygen atoms in total. The number of rotatable bonds is 1. The molecule has 10 heavy (non-hydrogen) atoms. The van der Waals surface area contributed by atoms with E-state index in [2.05, 4.69) is 31.5 Å². The number of hydrogen-bond donors (Lipinski definition) is 0. The third kappa shape index (κ3) is 1.77. The van der Waals surface area contributed by atoms with Crippen LogP contribution in [0.2, 0.25) is 19.6 Å². The summed E-state index contributed by atoms with van der Waals surface area (Å²) < 4.78 is 0. The van der Waals surface area contributed by atoms with Crippen molar-refractivity contribution in [1.29, 1.82) is 0 Å². The molecule has 0 amide bonds. The van der Waals surface area contributed by atoms with Gasteiger partial charge >= 0.3 is 63.0 Å². The Morgan fingerprint density at radius 2 is 2.10 bits per heavy atom. The van der Waals surface area contributed by atoms with E-state index in [0.717, 1.165) is 0 Å². The van der Waals surface area contributed by atoms with Crippen LogP contribution in [0.25, 0.3) is 0 Å². The summed E-state index contributed by atoms with van der Waals surface area (Å²) in [6.45, 7) is 9.14. The Morgan fingerprint density at radius 1 is 1.40 bits per heavy atom. The maximum absolute atomic E-state index is 4.09. The van der Waals surface area contributed by atoms with Gasteiger partial charge in [0.15, 0.2) is 0 Å². The molecule has 0 aliphatic heterocycles. The first-order chi connectivity index (χ1) is 4.61. The van der Waals surface area contributed by atoms with Gasteiger partial charge in [0.25, 0.3) is 0 Å². The molecule has 0 aliphatic rings. The Bertz CT molecular complexity index is 205. The zero-order chi connectivity index (χ0) is 7.61. The average Bonchev–Trinajstić information content (AvgIpc) is 1.88. The van der Waals surface area contributed by atoms with Crippen molar-refractivity contribution in [3.05, 3.63) is 18.4 Å². The summed E-state index contributed by atoms with van der Waals surface area (Å²) in [4.78, 5) is 4.09. The molecule has 52 valence electrons. The van der Waals surface area contributed by atoms with E-state index in [4.69, 9.17) is 0 Å². The Morgan fingerprint density at radius 3 is 2.40 bits per heavy atom. The number of aromatic nitrogens is 1. The van der Waals surface area contributed by atoms with Crippen molar-refractivity contribution in [1.82, 2.24) is 4.98 Å². The molecule has 0 saturated heterocycles. The molecule has 0 fully saturated rings. The summed E-state index contributed by atoms with van der Waals surface area (Å²) in [5.74, 6) is 2.01. The van der Waals surface area contributed by atoms with Crippen LogP contribution in [-0.4, -0.2) is 20.0 Å². The topological polar surface area (TPSA) is 12.9 Å². The van der Waals surface area contributed by atoms with Crippen LogP contribution < -0.4 is 5.08 Å². The molecule has 0 aromatic carbocycles. The van der Waals surface area contributed by atoms with Crippen LogP contribution >= 0.6 is 0 Å². The Labute approximate surface area is 63.7 Å². The molecule has 1 heterocycles.